The summed E-state index contributed by atoms with van der Waals surface area (Å²) >= 11 is 12.8. The van der Waals surface area contributed by atoms with Crippen molar-refractivity contribution in [2.75, 3.05) is 19.1 Å². The van der Waals surface area contributed by atoms with Crippen molar-refractivity contribution in [3.63, 3.8) is 0 Å². The molecule has 1 amide bonds. The van der Waals surface area contributed by atoms with Gasteiger partial charge in [-0.3, -0.25) is 19.3 Å². The molecular formula is C31H29Cl2NO7. The number of hydrogen-bond donors (Lipinski definition) is 1. The number of aryl methyl sites for hydroxylation is 1. The van der Waals surface area contributed by atoms with E-state index in [2.05, 4.69) is 0 Å². The number of benzene rings is 3. The van der Waals surface area contributed by atoms with Gasteiger partial charge < -0.3 is 19.3 Å². The lowest BCUT2D eigenvalue weighted by molar-refractivity contribution is -0.146. The van der Waals surface area contributed by atoms with Crippen molar-refractivity contribution in [2.45, 2.75) is 39.3 Å². The maximum absolute atomic E-state index is 13.6. The molecule has 8 nitrogen and oxygen atoms in total. The first-order valence-electron chi connectivity index (χ1n) is 12.7. The molecule has 0 spiro atoms. The maximum Gasteiger partial charge on any atom is 0.310 e. The number of halogens is 2. The van der Waals surface area contributed by atoms with E-state index in [9.17, 15) is 19.5 Å². The van der Waals surface area contributed by atoms with Gasteiger partial charge in [0, 0.05) is 5.69 Å². The van der Waals surface area contributed by atoms with Gasteiger partial charge in [-0.1, -0.05) is 65.2 Å². The number of esters is 1. The van der Waals surface area contributed by atoms with E-state index in [-0.39, 0.29) is 51.2 Å². The third kappa shape index (κ3) is 5.89. The summed E-state index contributed by atoms with van der Waals surface area (Å²) in [5, 5.41) is 11.7. The zero-order valence-electron chi connectivity index (χ0n) is 23.2. The lowest BCUT2D eigenvalue weighted by Gasteiger charge is -2.26. The Kier molecular flexibility index (Phi) is 8.95. The van der Waals surface area contributed by atoms with Gasteiger partial charge in [0.2, 0.25) is 0 Å². The normalized spacial score (nSPS) is 16.3. The first kappa shape index (κ1) is 30.0. The summed E-state index contributed by atoms with van der Waals surface area (Å²) in [4.78, 5) is 40.6. The molecule has 1 atom stereocenters. The molecule has 1 aliphatic rings. The van der Waals surface area contributed by atoms with Crippen LogP contribution in [0.4, 0.5) is 5.69 Å². The van der Waals surface area contributed by atoms with Crippen molar-refractivity contribution in [2.24, 2.45) is 0 Å². The van der Waals surface area contributed by atoms with Crippen LogP contribution in [0.1, 0.15) is 42.1 Å². The molecule has 0 saturated carbocycles. The minimum Gasteiger partial charge on any atom is -0.507 e. The van der Waals surface area contributed by atoms with Gasteiger partial charge in [0.05, 0.1) is 48.9 Å². The van der Waals surface area contributed by atoms with Crippen LogP contribution in [0.25, 0.3) is 5.76 Å². The smallest absolute Gasteiger partial charge is 0.310 e. The summed E-state index contributed by atoms with van der Waals surface area (Å²) in [6.07, 6.45) is -0.186. The fraction of sp³-hybridized carbons (Fsp3) is 0.258. The minimum absolute atomic E-state index is 0.00281. The second-order valence-corrected chi connectivity index (χ2v) is 10.5. The van der Waals surface area contributed by atoms with Crippen molar-refractivity contribution in [1.82, 2.24) is 0 Å². The number of amides is 1. The molecule has 1 unspecified atom stereocenters. The minimum atomic E-state index is -0.990. The largest absolute Gasteiger partial charge is 0.507 e. The first-order chi connectivity index (χ1) is 19.5. The van der Waals surface area contributed by atoms with Crippen molar-refractivity contribution in [3.05, 3.63) is 92.5 Å². The van der Waals surface area contributed by atoms with Crippen LogP contribution >= 0.6 is 23.2 Å². The molecule has 1 fully saturated rings. The average Bonchev–Trinajstić information content (AvgIpc) is 3.18. The van der Waals surface area contributed by atoms with Gasteiger partial charge in [-0.05, 0) is 50.1 Å². The topological polar surface area (TPSA) is 102 Å². The van der Waals surface area contributed by atoms with Crippen LogP contribution in [0.15, 0.2) is 60.2 Å². The molecule has 0 radical (unpaired) electrons. The van der Waals surface area contributed by atoms with Crippen LogP contribution in [0.3, 0.4) is 0 Å². The molecule has 1 aliphatic heterocycles. The van der Waals surface area contributed by atoms with Crippen LogP contribution in [-0.2, 0) is 25.5 Å². The Morgan fingerprint density at radius 2 is 1.66 bits per heavy atom. The highest BCUT2D eigenvalue weighted by atomic mass is 35.5. The van der Waals surface area contributed by atoms with E-state index in [1.165, 1.54) is 25.2 Å². The number of aliphatic hydroxyl groups is 1. The Morgan fingerprint density at radius 3 is 2.24 bits per heavy atom. The summed E-state index contributed by atoms with van der Waals surface area (Å²) < 4.78 is 15.9. The number of carbonyl (C=O) groups is 3. The molecule has 41 heavy (non-hydrogen) atoms. The fourth-order valence-electron chi connectivity index (χ4n) is 4.79. The number of Topliss-reactive ketones (excluding diaryl/α,β-unsaturated/α-hetero) is 1. The molecule has 1 saturated heterocycles. The number of nitrogens with zero attached hydrogens (tertiary/aromatic N) is 1. The predicted molar refractivity (Wildman–Crippen MR) is 157 cm³/mol. The molecule has 1 N–H and O–H groups in total. The quantitative estimate of drug-likeness (QED) is 0.138. The van der Waals surface area contributed by atoms with E-state index in [1.807, 2.05) is 19.1 Å². The number of anilines is 1. The van der Waals surface area contributed by atoms with E-state index in [4.69, 9.17) is 37.4 Å². The zero-order valence-corrected chi connectivity index (χ0v) is 24.7. The first-order valence-corrected chi connectivity index (χ1v) is 13.5. The Bertz CT molecular complexity index is 1550. The number of rotatable bonds is 8. The Hall–Kier alpha value is -4.01. The number of aliphatic hydroxyl groups excluding tert-OH is 1. The molecule has 0 aromatic heterocycles. The molecule has 214 valence electrons. The lowest BCUT2D eigenvalue weighted by Crippen LogP contribution is -2.29. The van der Waals surface area contributed by atoms with E-state index < -0.39 is 23.5 Å². The summed E-state index contributed by atoms with van der Waals surface area (Å²) in [6.45, 7) is 5.42. The SMILES string of the molecule is COc1c(Cl)cc(/C(O)=C2\C(=O)C(=O)N(c3ccc(CC(=O)OC(C)C)cc3)C2c2cccc(C)c2)c(OC)c1Cl. The third-order valence-corrected chi connectivity index (χ3v) is 7.15. The Balaban J connectivity index is 1.88. The van der Waals surface area contributed by atoms with Gasteiger partial charge in [0.15, 0.2) is 11.5 Å². The number of methoxy groups -OCH3 is 2. The predicted octanol–water partition coefficient (Wildman–Crippen LogP) is 6.44. The van der Waals surface area contributed by atoms with Crippen LogP contribution in [0.2, 0.25) is 10.0 Å². The second-order valence-electron chi connectivity index (χ2n) is 9.75. The maximum atomic E-state index is 13.6. The van der Waals surface area contributed by atoms with E-state index in [0.29, 0.717) is 16.8 Å². The van der Waals surface area contributed by atoms with Crippen LogP contribution in [-0.4, -0.2) is 43.1 Å². The van der Waals surface area contributed by atoms with Gasteiger partial charge in [-0.2, -0.15) is 0 Å². The number of carbonyl (C=O) groups excluding carboxylic acids is 3. The monoisotopic (exact) mass is 597 g/mol. The zero-order chi connectivity index (χ0) is 30.0. The molecule has 1 heterocycles. The summed E-state index contributed by atoms with van der Waals surface area (Å²) in [6, 6.07) is 14.3. The van der Waals surface area contributed by atoms with Gasteiger partial charge in [-0.25, -0.2) is 0 Å². The summed E-state index contributed by atoms with van der Waals surface area (Å²) in [7, 11) is 2.73. The second kappa shape index (κ2) is 12.2. The highest BCUT2D eigenvalue weighted by molar-refractivity contribution is 6.52. The molecule has 10 heteroatoms. The van der Waals surface area contributed by atoms with Crippen molar-refractivity contribution in [1.29, 1.82) is 0 Å². The van der Waals surface area contributed by atoms with Crippen molar-refractivity contribution in [3.8, 4) is 11.5 Å². The average molecular weight is 598 g/mol. The van der Waals surface area contributed by atoms with Gasteiger partial charge >= 0.3 is 5.97 Å². The molecule has 0 bridgehead atoms. The van der Waals surface area contributed by atoms with Gasteiger partial charge in [0.25, 0.3) is 11.7 Å². The molecule has 4 rings (SSSR count). The van der Waals surface area contributed by atoms with Gasteiger partial charge in [0.1, 0.15) is 10.8 Å². The highest BCUT2D eigenvalue weighted by Gasteiger charge is 2.47. The fourth-order valence-corrected chi connectivity index (χ4v) is 5.48. The molecule has 0 aliphatic carbocycles. The summed E-state index contributed by atoms with van der Waals surface area (Å²) in [5.74, 6) is -2.46. The van der Waals surface area contributed by atoms with E-state index in [1.54, 1.807) is 50.2 Å². The number of ether oxygens (including phenoxy) is 3. The van der Waals surface area contributed by atoms with E-state index in [0.717, 1.165) is 5.56 Å². The molecule has 3 aromatic carbocycles. The Morgan fingerprint density at radius 1 is 1.00 bits per heavy atom. The molecular weight excluding hydrogens is 569 g/mol. The highest BCUT2D eigenvalue weighted by Crippen LogP contribution is 2.48. The summed E-state index contributed by atoms with van der Waals surface area (Å²) in [5.41, 5.74) is 2.42. The van der Waals surface area contributed by atoms with Crippen LogP contribution in [0, 0.1) is 6.92 Å². The standard InChI is InChI=1S/C31H29Cl2NO7/c1-16(2)41-23(35)14-18-9-11-20(12-10-18)34-26(19-8-6-7-17(3)13-19)24(28(37)31(34)38)27(36)21-15-22(32)30(40-5)25(33)29(21)39-4/h6-13,15-16,26,36H,14H2,1-5H3/b27-24+. The van der Waals surface area contributed by atoms with Crippen LogP contribution in [0.5, 0.6) is 11.5 Å². The van der Waals surface area contributed by atoms with Gasteiger partial charge in [-0.15, -0.1) is 0 Å². The number of ketones is 1. The molecule has 3 aromatic rings. The van der Waals surface area contributed by atoms with Crippen molar-refractivity contribution >= 4 is 52.3 Å². The van der Waals surface area contributed by atoms with Crippen LogP contribution < -0.4 is 14.4 Å². The lowest BCUT2D eigenvalue weighted by atomic mass is 9.94. The Labute approximate surface area is 248 Å². The van der Waals surface area contributed by atoms with E-state index >= 15 is 0 Å². The van der Waals surface area contributed by atoms with Crippen molar-refractivity contribution < 1.29 is 33.7 Å². The third-order valence-electron chi connectivity index (χ3n) is 6.53. The number of hydrogen-bond acceptors (Lipinski definition) is 7.